The second-order valence-corrected chi connectivity index (χ2v) is 14.3. The minimum Gasteiger partial charge on any atom is -0.459 e. The molecule has 5 rings (SSSR count). The van der Waals surface area contributed by atoms with Crippen LogP contribution in [0.3, 0.4) is 0 Å². The van der Waals surface area contributed by atoms with Crippen molar-refractivity contribution in [2.45, 2.75) is 49.6 Å². The lowest BCUT2D eigenvalue weighted by Gasteiger charge is -2.52. The Morgan fingerprint density at radius 1 is 0.973 bits per heavy atom. The summed E-state index contributed by atoms with van der Waals surface area (Å²) in [5.41, 5.74) is 2.08. The molecule has 8 nitrogen and oxygen atoms in total. The van der Waals surface area contributed by atoms with Gasteiger partial charge in [0.25, 0.3) is 5.24 Å². The van der Waals surface area contributed by atoms with E-state index >= 15 is 0 Å². The minimum atomic E-state index is -2.45. The summed E-state index contributed by atoms with van der Waals surface area (Å²) < 4.78 is 4.72. The molecular formula is C28H35N3O5S. The molecule has 3 fully saturated rings. The van der Waals surface area contributed by atoms with Crippen LogP contribution in [0.1, 0.15) is 31.4 Å². The number of piperazine rings is 1. The van der Waals surface area contributed by atoms with Crippen molar-refractivity contribution in [1.29, 1.82) is 0 Å². The van der Waals surface area contributed by atoms with E-state index in [0.29, 0.717) is 13.1 Å². The van der Waals surface area contributed by atoms with Gasteiger partial charge in [0.2, 0.25) is 5.91 Å². The van der Waals surface area contributed by atoms with Gasteiger partial charge in [-0.2, -0.15) is 0 Å². The fourth-order valence-electron chi connectivity index (χ4n) is 5.95. The van der Waals surface area contributed by atoms with Crippen molar-refractivity contribution < 1.29 is 24.2 Å². The lowest BCUT2D eigenvalue weighted by molar-refractivity contribution is -0.162. The van der Waals surface area contributed by atoms with Crippen molar-refractivity contribution in [3.8, 4) is 0 Å². The Morgan fingerprint density at radius 2 is 1.57 bits per heavy atom. The first-order valence-corrected chi connectivity index (χ1v) is 14.6. The molecule has 9 heteroatoms. The van der Waals surface area contributed by atoms with Crippen LogP contribution in [0.4, 0.5) is 4.79 Å². The van der Waals surface area contributed by atoms with E-state index in [1.54, 1.807) is 0 Å². The normalized spacial score (nSPS) is 28.7. The number of hydrogen-bond acceptors (Lipinski definition) is 6. The van der Waals surface area contributed by atoms with Crippen molar-refractivity contribution in [1.82, 2.24) is 14.7 Å². The number of rotatable bonds is 6. The molecule has 3 saturated heterocycles. The lowest BCUT2D eigenvalue weighted by atomic mass is 9.98. The highest BCUT2D eigenvalue weighted by atomic mass is 32.3. The fraction of sp³-hybridized carbons (Fsp3) is 0.464. The number of fused-ring (bicyclic) bond motifs is 1. The number of ether oxygens (including phenoxy) is 1. The highest BCUT2D eigenvalue weighted by Gasteiger charge is 2.72. The molecule has 1 unspecified atom stereocenters. The molecular weight excluding hydrogens is 490 g/mol. The van der Waals surface area contributed by atoms with E-state index in [1.165, 1.54) is 10.5 Å². The van der Waals surface area contributed by atoms with Crippen LogP contribution in [0, 0.1) is 0 Å². The SMILES string of the molecule is CC1(C)[C@H](C(=O)OCc2ccccc2)N2C(=O)C[C@H]2S1(CO)C(=O)N1CCN(Cc2ccccc2)CC1. The van der Waals surface area contributed by atoms with Crippen LogP contribution in [0.25, 0.3) is 0 Å². The second kappa shape index (κ2) is 10.1. The molecule has 37 heavy (non-hydrogen) atoms. The van der Waals surface area contributed by atoms with Crippen LogP contribution < -0.4 is 0 Å². The number of esters is 1. The molecule has 0 aliphatic carbocycles. The lowest BCUT2D eigenvalue weighted by Crippen LogP contribution is -2.57. The molecule has 198 valence electrons. The predicted octanol–water partition coefficient (Wildman–Crippen LogP) is 3.14. The van der Waals surface area contributed by atoms with Gasteiger partial charge in [-0.3, -0.25) is 14.5 Å². The monoisotopic (exact) mass is 525 g/mol. The molecule has 1 N–H and O–H groups in total. The Balaban J connectivity index is 1.32. The molecule has 3 aliphatic rings. The van der Waals surface area contributed by atoms with Crippen molar-refractivity contribution >= 4 is 27.1 Å². The Labute approximate surface area is 219 Å². The summed E-state index contributed by atoms with van der Waals surface area (Å²) in [6.45, 7) is 7.20. The maximum absolute atomic E-state index is 14.2. The number of β-lactam (4-membered cyclic amide) rings is 1. The average molecular weight is 526 g/mol. The van der Waals surface area contributed by atoms with Crippen LogP contribution in [-0.2, 0) is 27.5 Å². The van der Waals surface area contributed by atoms with Crippen molar-refractivity contribution in [2.75, 3.05) is 32.1 Å². The van der Waals surface area contributed by atoms with Crippen molar-refractivity contribution in [2.24, 2.45) is 0 Å². The number of nitrogens with zero attached hydrogens (tertiary/aromatic N) is 3. The van der Waals surface area contributed by atoms with Crippen LogP contribution in [-0.4, -0.2) is 85.2 Å². The molecule has 3 atom stereocenters. The highest BCUT2D eigenvalue weighted by molar-refractivity contribution is 8.46. The third-order valence-corrected chi connectivity index (χ3v) is 12.8. The summed E-state index contributed by atoms with van der Waals surface area (Å²) >= 11 is 0. The number of aliphatic hydroxyl groups is 1. The van der Waals surface area contributed by atoms with E-state index in [-0.39, 0.29) is 30.1 Å². The largest absolute Gasteiger partial charge is 0.459 e. The first-order chi connectivity index (χ1) is 17.8. The van der Waals surface area contributed by atoms with E-state index in [9.17, 15) is 19.5 Å². The first-order valence-electron chi connectivity index (χ1n) is 12.8. The van der Waals surface area contributed by atoms with Crippen molar-refractivity contribution in [3.63, 3.8) is 0 Å². The van der Waals surface area contributed by atoms with Crippen LogP contribution in [0.5, 0.6) is 0 Å². The molecule has 2 aromatic rings. The number of hydrogen-bond donors (Lipinski definition) is 1. The number of amides is 2. The number of carbonyl (C=O) groups excluding carboxylic acids is 3. The van der Waals surface area contributed by atoms with Gasteiger partial charge in [0.15, 0.2) is 0 Å². The van der Waals surface area contributed by atoms with Gasteiger partial charge in [-0.25, -0.2) is 4.79 Å². The van der Waals surface area contributed by atoms with E-state index in [4.69, 9.17) is 4.74 Å². The number of aliphatic hydroxyl groups excluding tert-OH is 1. The third kappa shape index (κ3) is 4.32. The molecule has 3 heterocycles. The van der Waals surface area contributed by atoms with E-state index in [0.717, 1.165) is 25.2 Å². The van der Waals surface area contributed by atoms with E-state index in [2.05, 4.69) is 17.0 Å². The molecule has 0 radical (unpaired) electrons. The van der Waals surface area contributed by atoms with Crippen LogP contribution in [0.15, 0.2) is 60.7 Å². The smallest absolute Gasteiger partial charge is 0.330 e. The molecule has 0 saturated carbocycles. The standard InChI is InChI=1S/C28H35N3O5S/c1-28(2)25(26(34)36-19-22-11-7-4-8-12-22)31-23(33)17-24(31)37(28,20-32)27(35)30-15-13-29(14-16-30)18-21-9-5-3-6-10-21/h3-12,24-25,32H,13-20H2,1-2H3/t24-,25+/m1/s1. The summed E-state index contributed by atoms with van der Waals surface area (Å²) in [5.74, 6) is -1.03. The van der Waals surface area contributed by atoms with Gasteiger partial charge in [0.1, 0.15) is 12.6 Å². The zero-order valence-electron chi connectivity index (χ0n) is 21.4. The number of benzene rings is 2. The molecule has 3 aliphatic heterocycles. The third-order valence-electron chi connectivity index (χ3n) is 8.13. The molecule has 0 spiro atoms. The maximum atomic E-state index is 14.2. The Bertz CT molecular complexity index is 1150. The highest BCUT2D eigenvalue weighted by Crippen LogP contribution is 2.74. The van der Waals surface area contributed by atoms with Crippen LogP contribution in [0.2, 0.25) is 0 Å². The molecule has 0 aromatic heterocycles. The summed E-state index contributed by atoms with van der Waals surface area (Å²) in [7, 11) is -2.45. The second-order valence-electron chi connectivity index (χ2n) is 10.5. The van der Waals surface area contributed by atoms with Gasteiger partial charge < -0.3 is 19.6 Å². The Hall–Kier alpha value is -2.88. The topological polar surface area (TPSA) is 90.4 Å². The average Bonchev–Trinajstić information content (AvgIpc) is 3.08. The Morgan fingerprint density at radius 3 is 2.14 bits per heavy atom. The number of carbonyl (C=O) groups is 3. The molecule has 0 bridgehead atoms. The minimum absolute atomic E-state index is 0.0950. The quantitative estimate of drug-likeness (QED) is 0.460. The Kier molecular flexibility index (Phi) is 7.04. The van der Waals surface area contributed by atoms with Gasteiger partial charge in [-0.1, -0.05) is 60.7 Å². The van der Waals surface area contributed by atoms with E-state index in [1.807, 2.05) is 67.3 Å². The maximum Gasteiger partial charge on any atom is 0.330 e. The summed E-state index contributed by atoms with van der Waals surface area (Å²) in [5, 5.41) is 10.3. The predicted molar refractivity (Wildman–Crippen MR) is 143 cm³/mol. The summed E-state index contributed by atoms with van der Waals surface area (Å²) in [6.07, 6.45) is 0.182. The summed E-state index contributed by atoms with van der Waals surface area (Å²) in [6, 6.07) is 18.7. The van der Waals surface area contributed by atoms with Gasteiger partial charge >= 0.3 is 5.97 Å². The molecule has 2 amide bonds. The van der Waals surface area contributed by atoms with Crippen molar-refractivity contribution in [3.05, 3.63) is 71.8 Å². The van der Waals surface area contributed by atoms with E-state index < -0.39 is 32.2 Å². The first kappa shape index (κ1) is 25.8. The molecule has 2 aromatic carbocycles. The van der Waals surface area contributed by atoms with Gasteiger partial charge in [-0.05, 0) is 25.0 Å². The zero-order chi connectivity index (χ0) is 26.2. The van der Waals surface area contributed by atoms with Gasteiger partial charge in [0.05, 0.1) is 17.7 Å². The summed E-state index contributed by atoms with van der Waals surface area (Å²) in [4.78, 5) is 46.0. The fourth-order valence-corrected chi connectivity index (χ4v) is 10.3. The van der Waals surface area contributed by atoms with Gasteiger partial charge in [0, 0.05) is 37.5 Å². The zero-order valence-corrected chi connectivity index (χ0v) is 22.2. The van der Waals surface area contributed by atoms with Gasteiger partial charge in [-0.15, -0.1) is 10.0 Å². The van der Waals surface area contributed by atoms with Crippen LogP contribution >= 0.6 is 10.0 Å².